The maximum absolute atomic E-state index is 12.0. The van der Waals surface area contributed by atoms with Gasteiger partial charge in [0.2, 0.25) is 11.8 Å². The smallest absolute Gasteiger partial charge is 0.323 e. The molecule has 1 aliphatic rings. The van der Waals surface area contributed by atoms with Gasteiger partial charge in [-0.15, -0.1) is 0 Å². The number of carbonyl (C=O) groups is 3. The first-order valence-corrected chi connectivity index (χ1v) is 7.08. The third kappa shape index (κ3) is 5.59. The number of nitrogens with zero attached hydrogens (tertiary/aromatic N) is 1. The summed E-state index contributed by atoms with van der Waals surface area (Å²) in [6.07, 6.45) is 1.06. The van der Waals surface area contributed by atoms with Crippen molar-refractivity contribution in [2.75, 3.05) is 19.6 Å². The molecular formula is C14H24N2O4. The van der Waals surface area contributed by atoms with Gasteiger partial charge in [0.15, 0.2) is 0 Å². The van der Waals surface area contributed by atoms with Gasteiger partial charge in [0.25, 0.3) is 0 Å². The predicted molar refractivity (Wildman–Crippen MR) is 74.0 cm³/mol. The lowest BCUT2D eigenvalue weighted by Crippen LogP contribution is -2.40. The van der Waals surface area contributed by atoms with Crippen molar-refractivity contribution in [1.29, 1.82) is 0 Å². The molecule has 0 aromatic heterocycles. The Morgan fingerprint density at radius 2 is 1.95 bits per heavy atom. The zero-order chi connectivity index (χ0) is 15.3. The molecular weight excluding hydrogens is 260 g/mol. The molecule has 114 valence electrons. The molecule has 1 rings (SSSR count). The topological polar surface area (TPSA) is 86.7 Å². The average Bonchev–Trinajstić information content (AvgIpc) is 3.04. The predicted octanol–water partition coefficient (Wildman–Crippen LogP) is 0.718. The number of carbonyl (C=O) groups excluding carboxylic acids is 2. The lowest BCUT2D eigenvalue weighted by molar-refractivity contribution is -0.144. The van der Waals surface area contributed by atoms with Crippen LogP contribution in [-0.4, -0.2) is 47.4 Å². The van der Waals surface area contributed by atoms with E-state index in [4.69, 9.17) is 5.11 Å². The molecule has 0 aromatic rings. The summed E-state index contributed by atoms with van der Waals surface area (Å²) in [7, 11) is 0. The van der Waals surface area contributed by atoms with E-state index in [9.17, 15) is 14.4 Å². The maximum Gasteiger partial charge on any atom is 0.323 e. The number of amides is 2. The van der Waals surface area contributed by atoms with E-state index in [2.05, 4.69) is 5.32 Å². The second-order valence-corrected chi connectivity index (χ2v) is 5.92. The molecule has 2 unspecified atom stereocenters. The van der Waals surface area contributed by atoms with Gasteiger partial charge < -0.3 is 15.3 Å². The van der Waals surface area contributed by atoms with Crippen LogP contribution < -0.4 is 5.32 Å². The number of nitrogens with one attached hydrogen (secondary N) is 1. The van der Waals surface area contributed by atoms with Crippen LogP contribution in [0.1, 0.15) is 33.6 Å². The van der Waals surface area contributed by atoms with E-state index in [1.165, 1.54) is 4.90 Å². The van der Waals surface area contributed by atoms with Crippen molar-refractivity contribution in [3.05, 3.63) is 0 Å². The van der Waals surface area contributed by atoms with Gasteiger partial charge in [0, 0.05) is 25.4 Å². The molecule has 0 radical (unpaired) electrons. The average molecular weight is 284 g/mol. The van der Waals surface area contributed by atoms with E-state index < -0.39 is 5.97 Å². The summed E-state index contributed by atoms with van der Waals surface area (Å²) in [6.45, 7) is 6.28. The highest BCUT2D eigenvalue weighted by Crippen LogP contribution is 2.37. The Kier molecular flexibility index (Phi) is 5.98. The summed E-state index contributed by atoms with van der Waals surface area (Å²) >= 11 is 0. The lowest BCUT2D eigenvalue weighted by Gasteiger charge is -2.22. The van der Waals surface area contributed by atoms with Crippen molar-refractivity contribution < 1.29 is 19.5 Å². The van der Waals surface area contributed by atoms with Crippen molar-refractivity contribution in [3.8, 4) is 0 Å². The maximum atomic E-state index is 12.0. The lowest BCUT2D eigenvalue weighted by atomic mass is 10.2. The van der Waals surface area contributed by atoms with Crippen LogP contribution in [0, 0.1) is 17.8 Å². The highest BCUT2D eigenvalue weighted by atomic mass is 16.4. The fraction of sp³-hybridized carbons (Fsp3) is 0.786. The molecule has 1 fully saturated rings. The van der Waals surface area contributed by atoms with Crippen LogP contribution in [0.3, 0.4) is 0 Å². The Bertz CT molecular complexity index is 381. The summed E-state index contributed by atoms with van der Waals surface area (Å²) in [5.41, 5.74) is 0. The molecule has 0 saturated heterocycles. The van der Waals surface area contributed by atoms with Gasteiger partial charge in [-0.25, -0.2) is 0 Å². The molecule has 6 nitrogen and oxygen atoms in total. The molecule has 1 aliphatic carbocycles. The third-order valence-corrected chi connectivity index (χ3v) is 3.35. The zero-order valence-corrected chi connectivity index (χ0v) is 12.4. The summed E-state index contributed by atoms with van der Waals surface area (Å²) in [6, 6.07) is 0. The van der Waals surface area contributed by atoms with Gasteiger partial charge in [0.1, 0.15) is 6.54 Å². The largest absolute Gasteiger partial charge is 0.480 e. The quantitative estimate of drug-likeness (QED) is 0.687. The molecule has 2 atom stereocenters. The minimum Gasteiger partial charge on any atom is -0.480 e. The highest BCUT2D eigenvalue weighted by molar-refractivity contribution is 5.83. The SMILES string of the molecule is CC(C)CN(CC(=O)O)C(=O)CCNC(=O)C1CC1C. The number of carboxylic acid groups (broad SMARTS) is 1. The van der Waals surface area contributed by atoms with Crippen LogP contribution >= 0.6 is 0 Å². The van der Waals surface area contributed by atoms with Crippen LogP contribution in [0.2, 0.25) is 0 Å². The first kappa shape index (κ1) is 16.5. The normalized spacial score (nSPS) is 20.6. The summed E-state index contributed by atoms with van der Waals surface area (Å²) < 4.78 is 0. The number of hydrogen-bond donors (Lipinski definition) is 2. The standard InChI is InChI=1S/C14H24N2O4/c1-9(2)7-16(8-13(18)19)12(17)4-5-15-14(20)11-6-10(11)3/h9-11H,4-8H2,1-3H3,(H,15,20)(H,18,19). The Morgan fingerprint density at radius 3 is 2.40 bits per heavy atom. The minimum absolute atomic E-state index is 0.000978. The van der Waals surface area contributed by atoms with Crippen LogP contribution in [0.5, 0.6) is 0 Å². The van der Waals surface area contributed by atoms with E-state index in [1.54, 1.807) is 0 Å². The molecule has 0 aliphatic heterocycles. The summed E-state index contributed by atoms with van der Waals surface area (Å²) in [5, 5.41) is 11.5. The Hall–Kier alpha value is -1.59. The second kappa shape index (κ2) is 7.26. The van der Waals surface area contributed by atoms with Crippen LogP contribution in [0.15, 0.2) is 0 Å². The first-order valence-electron chi connectivity index (χ1n) is 7.08. The number of carboxylic acids is 1. The fourth-order valence-electron chi connectivity index (χ4n) is 2.13. The zero-order valence-electron chi connectivity index (χ0n) is 12.4. The van der Waals surface area contributed by atoms with Crippen LogP contribution in [-0.2, 0) is 14.4 Å². The molecule has 0 bridgehead atoms. The van der Waals surface area contributed by atoms with Crippen LogP contribution in [0.25, 0.3) is 0 Å². The van der Waals surface area contributed by atoms with E-state index in [-0.39, 0.29) is 43.2 Å². The van der Waals surface area contributed by atoms with Gasteiger partial charge in [0.05, 0.1) is 0 Å². The Morgan fingerprint density at radius 1 is 1.35 bits per heavy atom. The number of aliphatic carboxylic acids is 1. The number of hydrogen-bond acceptors (Lipinski definition) is 3. The Balaban J connectivity index is 2.33. The highest BCUT2D eigenvalue weighted by Gasteiger charge is 2.38. The van der Waals surface area contributed by atoms with Gasteiger partial charge in [-0.05, 0) is 18.3 Å². The van der Waals surface area contributed by atoms with E-state index in [0.29, 0.717) is 12.5 Å². The second-order valence-electron chi connectivity index (χ2n) is 5.92. The van der Waals surface area contributed by atoms with Crippen molar-refractivity contribution >= 4 is 17.8 Å². The molecule has 1 saturated carbocycles. The summed E-state index contributed by atoms with van der Waals surface area (Å²) in [5.74, 6) is -0.509. The number of rotatable bonds is 8. The molecule has 0 heterocycles. The summed E-state index contributed by atoms with van der Waals surface area (Å²) in [4.78, 5) is 35.6. The molecule has 20 heavy (non-hydrogen) atoms. The van der Waals surface area contributed by atoms with E-state index in [0.717, 1.165) is 6.42 Å². The Labute approximate surface area is 119 Å². The molecule has 0 aromatic carbocycles. The van der Waals surface area contributed by atoms with E-state index >= 15 is 0 Å². The molecule has 2 amide bonds. The minimum atomic E-state index is -1.02. The molecule has 0 spiro atoms. The molecule has 6 heteroatoms. The van der Waals surface area contributed by atoms with Gasteiger partial charge in [-0.3, -0.25) is 14.4 Å². The van der Waals surface area contributed by atoms with Gasteiger partial charge in [-0.2, -0.15) is 0 Å². The van der Waals surface area contributed by atoms with Crippen molar-refractivity contribution in [2.45, 2.75) is 33.6 Å². The van der Waals surface area contributed by atoms with Crippen molar-refractivity contribution in [1.82, 2.24) is 10.2 Å². The van der Waals surface area contributed by atoms with Crippen molar-refractivity contribution in [3.63, 3.8) is 0 Å². The first-order chi connectivity index (χ1) is 9.31. The van der Waals surface area contributed by atoms with Crippen molar-refractivity contribution in [2.24, 2.45) is 17.8 Å². The monoisotopic (exact) mass is 284 g/mol. The van der Waals surface area contributed by atoms with E-state index in [1.807, 2.05) is 20.8 Å². The van der Waals surface area contributed by atoms with Crippen LogP contribution in [0.4, 0.5) is 0 Å². The van der Waals surface area contributed by atoms with Gasteiger partial charge in [-0.1, -0.05) is 20.8 Å². The van der Waals surface area contributed by atoms with Gasteiger partial charge >= 0.3 is 5.97 Å². The fourth-order valence-corrected chi connectivity index (χ4v) is 2.13. The molecule has 2 N–H and O–H groups in total. The third-order valence-electron chi connectivity index (χ3n) is 3.35.